The second kappa shape index (κ2) is 9.15. The standard InChI is InChI=1S/C20H15ClF3N3O3S2/c21-12-5-2-1-4-10(12)15-11(8-25)18(32-9-14(26)28)27-19(30,20(22,23)24)16(15)17(29)13-6-3-7-31-13/h1-7,15-16,27,30H,9H2,(H2,26,28)/t15-,16-,19-/m0/s1. The lowest BCUT2D eigenvalue weighted by Gasteiger charge is -2.45. The number of allylic oxidation sites excluding steroid dienone is 1. The number of aliphatic hydroxyl groups is 1. The summed E-state index contributed by atoms with van der Waals surface area (Å²) in [5.74, 6) is -6.03. The fourth-order valence-electron chi connectivity index (χ4n) is 3.47. The predicted molar refractivity (Wildman–Crippen MR) is 115 cm³/mol. The SMILES string of the molecule is N#CC1=C(SCC(N)=O)N[C@@](O)(C(F)(F)F)[C@H](C(=O)c2cccs2)[C@H]1c1ccccc1Cl. The van der Waals surface area contributed by atoms with Crippen LogP contribution >= 0.6 is 34.7 Å². The molecule has 32 heavy (non-hydrogen) atoms. The molecular weight excluding hydrogens is 487 g/mol. The van der Waals surface area contributed by atoms with Gasteiger partial charge in [-0.3, -0.25) is 9.59 Å². The third-order valence-electron chi connectivity index (χ3n) is 4.84. The summed E-state index contributed by atoms with van der Waals surface area (Å²) in [4.78, 5) is 24.5. The van der Waals surface area contributed by atoms with Gasteiger partial charge in [0, 0.05) is 10.9 Å². The highest BCUT2D eigenvalue weighted by atomic mass is 35.5. The molecule has 0 radical (unpaired) electrons. The maximum absolute atomic E-state index is 14.3. The second-order valence-electron chi connectivity index (χ2n) is 6.82. The summed E-state index contributed by atoms with van der Waals surface area (Å²) >= 11 is 7.69. The minimum absolute atomic E-state index is 0.0138. The first-order chi connectivity index (χ1) is 15.0. The van der Waals surface area contributed by atoms with Gasteiger partial charge in [-0.25, -0.2) is 0 Å². The zero-order valence-corrected chi connectivity index (χ0v) is 18.4. The van der Waals surface area contributed by atoms with E-state index in [9.17, 15) is 33.1 Å². The number of carbonyl (C=O) groups is 2. The summed E-state index contributed by atoms with van der Waals surface area (Å²) in [7, 11) is 0. The molecule has 0 fully saturated rings. The van der Waals surface area contributed by atoms with Gasteiger partial charge in [-0.1, -0.05) is 47.6 Å². The molecule has 0 spiro atoms. The molecule has 1 aromatic heterocycles. The number of ketones is 1. The fourth-order valence-corrected chi connectivity index (χ4v) is 5.27. The van der Waals surface area contributed by atoms with Crippen LogP contribution in [0.1, 0.15) is 21.2 Å². The first-order valence-electron chi connectivity index (χ1n) is 8.96. The normalized spacial score (nSPS) is 23.4. The molecule has 3 rings (SSSR count). The van der Waals surface area contributed by atoms with Crippen LogP contribution in [0.15, 0.2) is 52.4 Å². The van der Waals surface area contributed by atoms with Gasteiger partial charge in [0.05, 0.1) is 33.2 Å². The number of nitrogens with zero attached hydrogens (tertiary/aromatic N) is 1. The number of hydrogen-bond acceptors (Lipinski definition) is 7. The maximum Gasteiger partial charge on any atom is 0.437 e. The van der Waals surface area contributed by atoms with Crippen molar-refractivity contribution in [3.63, 3.8) is 0 Å². The molecule has 168 valence electrons. The summed E-state index contributed by atoms with van der Waals surface area (Å²) < 4.78 is 42.8. The van der Waals surface area contributed by atoms with Crippen molar-refractivity contribution in [3.05, 3.63) is 67.8 Å². The largest absolute Gasteiger partial charge is 0.437 e. The molecule has 1 amide bonds. The zero-order chi connectivity index (χ0) is 23.7. The summed E-state index contributed by atoms with van der Waals surface area (Å²) in [5.41, 5.74) is 1.14. The summed E-state index contributed by atoms with van der Waals surface area (Å²) in [6.07, 6.45) is -5.33. The third-order valence-corrected chi connectivity index (χ3v) is 7.11. The number of carbonyl (C=O) groups excluding carboxylic acids is 2. The Labute approximate surface area is 193 Å². The van der Waals surface area contributed by atoms with E-state index in [1.807, 2.05) is 11.4 Å². The number of benzene rings is 1. The number of thioether (sulfide) groups is 1. The van der Waals surface area contributed by atoms with E-state index in [4.69, 9.17) is 17.3 Å². The van der Waals surface area contributed by atoms with Gasteiger partial charge in [0.25, 0.3) is 0 Å². The van der Waals surface area contributed by atoms with E-state index >= 15 is 0 Å². The molecule has 1 aliphatic heterocycles. The van der Waals surface area contributed by atoms with E-state index in [1.165, 1.54) is 41.8 Å². The van der Waals surface area contributed by atoms with Crippen LogP contribution in [0.4, 0.5) is 13.2 Å². The van der Waals surface area contributed by atoms with Crippen molar-refractivity contribution >= 4 is 46.4 Å². The number of amides is 1. The molecule has 2 aromatic rings. The van der Waals surface area contributed by atoms with Gasteiger partial charge >= 0.3 is 6.18 Å². The molecule has 1 aromatic carbocycles. The van der Waals surface area contributed by atoms with E-state index in [-0.39, 0.29) is 21.0 Å². The fraction of sp³-hybridized carbons (Fsp3) is 0.250. The number of rotatable bonds is 6. The molecular formula is C20H15ClF3N3O3S2. The van der Waals surface area contributed by atoms with Crippen molar-refractivity contribution in [2.45, 2.75) is 17.8 Å². The van der Waals surface area contributed by atoms with Gasteiger partial charge < -0.3 is 16.2 Å². The van der Waals surface area contributed by atoms with Crippen LogP contribution in [0.5, 0.6) is 0 Å². The number of alkyl halides is 3. The molecule has 6 nitrogen and oxygen atoms in total. The Bertz CT molecular complexity index is 1120. The van der Waals surface area contributed by atoms with Gasteiger partial charge in [-0.15, -0.1) is 11.3 Å². The first kappa shape index (κ1) is 24.1. The Kier molecular flexibility index (Phi) is 6.90. The lowest BCUT2D eigenvalue weighted by molar-refractivity contribution is -0.285. The topological polar surface area (TPSA) is 116 Å². The molecule has 0 bridgehead atoms. The van der Waals surface area contributed by atoms with E-state index in [0.717, 1.165) is 11.3 Å². The van der Waals surface area contributed by atoms with Gasteiger partial charge in [0.2, 0.25) is 11.6 Å². The first-order valence-corrected chi connectivity index (χ1v) is 11.2. The number of thiophene rings is 1. The molecule has 0 saturated carbocycles. The molecule has 0 saturated heterocycles. The van der Waals surface area contributed by atoms with Crippen LogP contribution in [-0.4, -0.2) is 34.5 Å². The molecule has 2 heterocycles. The quantitative estimate of drug-likeness (QED) is 0.518. The molecule has 0 aliphatic carbocycles. The van der Waals surface area contributed by atoms with Crippen molar-refractivity contribution in [1.82, 2.24) is 5.32 Å². The molecule has 0 unspecified atom stereocenters. The Morgan fingerprint density at radius 3 is 2.53 bits per heavy atom. The van der Waals surface area contributed by atoms with E-state index in [1.54, 1.807) is 0 Å². The van der Waals surface area contributed by atoms with Crippen LogP contribution < -0.4 is 11.1 Å². The lowest BCUT2D eigenvalue weighted by Crippen LogP contribution is -2.66. The molecule has 4 N–H and O–H groups in total. The van der Waals surface area contributed by atoms with E-state index in [0.29, 0.717) is 11.8 Å². The lowest BCUT2D eigenvalue weighted by atomic mass is 9.70. The maximum atomic E-state index is 14.3. The minimum atomic E-state index is -5.33. The van der Waals surface area contributed by atoms with Gasteiger partial charge in [-0.05, 0) is 23.1 Å². The Morgan fingerprint density at radius 2 is 2.00 bits per heavy atom. The third kappa shape index (κ3) is 4.36. The van der Waals surface area contributed by atoms with E-state index < -0.39 is 46.2 Å². The number of Topliss-reactive ketones (excluding diaryl/α,β-unsaturated/α-hetero) is 1. The van der Waals surface area contributed by atoms with Gasteiger partial charge in [-0.2, -0.15) is 18.4 Å². The molecule has 1 aliphatic rings. The minimum Gasteiger partial charge on any atom is -0.369 e. The van der Waals surface area contributed by atoms with E-state index in [2.05, 4.69) is 0 Å². The Hall–Kier alpha value is -2.52. The van der Waals surface area contributed by atoms with Crippen LogP contribution in [0.3, 0.4) is 0 Å². The van der Waals surface area contributed by atoms with Crippen molar-refractivity contribution in [1.29, 1.82) is 5.26 Å². The highest BCUT2D eigenvalue weighted by molar-refractivity contribution is 8.03. The Morgan fingerprint density at radius 1 is 1.31 bits per heavy atom. The second-order valence-corrected chi connectivity index (χ2v) is 9.16. The summed E-state index contributed by atoms with van der Waals surface area (Å²) in [5, 5.41) is 23.8. The zero-order valence-electron chi connectivity index (χ0n) is 16.0. The van der Waals surface area contributed by atoms with Crippen LogP contribution in [0, 0.1) is 17.2 Å². The van der Waals surface area contributed by atoms with Gasteiger partial charge in [0.15, 0.2) is 5.78 Å². The van der Waals surface area contributed by atoms with Crippen LogP contribution in [-0.2, 0) is 4.79 Å². The Balaban J connectivity index is 2.33. The monoisotopic (exact) mass is 501 g/mol. The van der Waals surface area contributed by atoms with Crippen LogP contribution in [0.2, 0.25) is 5.02 Å². The van der Waals surface area contributed by atoms with Crippen molar-refractivity contribution in [2.24, 2.45) is 11.7 Å². The number of hydrogen-bond donors (Lipinski definition) is 3. The number of nitrogens with one attached hydrogen (secondary N) is 1. The molecule has 3 atom stereocenters. The predicted octanol–water partition coefficient (Wildman–Crippen LogP) is 3.79. The molecule has 12 heteroatoms. The van der Waals surface area contributed by atoms with Gasteiger partial charge in [0.1, 0.15) is 0 Å². The van der Waals surface area contributed by atoms with Crippen molar-refractivity contribution < 1.29 is 27.9 Å². The number of primary amides is 1. The smallest absolute Gasteiger partial charge is 0.369 e. The average molecular weight is 502 g/mol. The van der Waals surface area contributed by atoms with Crippen molar-refractivity contribution in [3.8, 4) is 6.07 Å². The van der Waals surface area contributed by atoms with Crippen LogP contribution in [0.25, 0.3) is 0 Å². The number of halogens is 4. The number of nitrogens with two attached hydrogens (primary N) is 1. The summed E-state index contributed by atoms with van der Waals surface area (Å²) in [6.45, 7) is 0. The highest BCUT2D eigenvalue weighted by Crippen LogP contribution is 2.52. The number of nitriles is 1. The highest BCUT2D eigenvalue weighted by Gasteiger charge is 2.66. The summed E-state index contributed by atoms with van der Waals surface area (Å²) in [6, 6.07) is 10.5. The van der Waals surface area contributed by atoms with Crippen molar-refractivity contribution in [2.75, 3.05) is 5.75 Å². The average Bonchev–Trinajstić information content (AvgIpc) is 3.26.